The summed E-state index contributed by atoms with van der Waals surface area (Å²) in [6, 6.07) is -0.821. The summed E-state index contributed by atoms with van der Waals surface area (Å²) in [7, 11) is 0. The molecule has 2 fully saturated rings. The van der Waals surface area contributed by atoms with Gasteiger partial charge in [-0.3, -0.25) is 4.79 Å². The van der Waals surface area contributed by atoms with Crippen molar-refractivity contribution in [2.75, 3.05) is 19.8 Å². The number of hydrogen-bond donors (Lipinski definition) is 9. The summed E-state index contributed by atoms with van der Waals surface area (Å²) in [6.45, 7) is 2.87. The van der Waals surface area contributed by atoms with E-state index in [1.54, 1.807) is 0 Å². The second kappa shape index (κ2) is 39.7. The van der Waals surface area contributed by atoms with Gasteiger partial charge in [0.15, 0.2) is 12.6 Å². The number of unbranched alkanes of at least 4 members (excludes halogenated alkanes) is 30. The molecule has 0 aromatic rings. The number of aliphatic hydroxyl groups is 8. The molecule has 9 N–H and O–H groups in total. The molecule has 0 spiro atoms. The molecule has 1 amide bonds. The third kappa shape index (κ3) is 26.3. The zero-order valence-electron chi connectivity index (χ0n) is 41.7. The minimum absolute atomic E-state index is 0.203. The zero-order valence-corrected chi connectivity index (χ0v) is 41.7. The maximum Gasteiger partial charge on any atom is 0.220 e. The van der Waals surface area contributed by atoms with Gasteiger partial charge < -0.3 is 65.1 Å². The second-order valence-corrected chi connectivity index (χ2v) is 19.7. The predicted molar refractivity (Wildman–Crippen MR) is 259 cm³/mol. The van der Waals surface area contributed by atoms with Crippen LogP contribution in [0.5, 0.6) is 0 Å². The average Bonchev–Trinajstić information content (AvgIpc) is 3.31. The van der Waals surface area contributed by atoms with E-state index >= 15 is 0 Å². The number of carbonyl (C=O) groups excluding carboxylic acids is 1. The highest BCUT2D eigenvalue weighted by atomic mass is 16.7. The number of nitrogens with one attached hydrogen (secondary N) is 1. The topological polar surface area (TPSA) is 228 Å². The number of carbonyl (C=O) groups is 1. The van der Waals surface area contributed by atoms with Crippen molar-refractivity contribution in [3.05, 3.63) is 0 Å². The Hall–Kier alpha value is -1.01. The molecule has 0 aromatic carbocycles. The van der Waals surface area contributed by atoms with Crippen molar-refractivity contribution in [1.29, 1.82) is 0 Å². The molecule has 12 unspecified atom stereocenters. The first kappa shape index (κ1) is 61.1. The van der Waals surface area contributed by atoms with E-state index in [1.807, 2.05) is 0 Å². The first-order chi connectivity index (χ1) is 32.1. The molecule has 0 aliphatic carbocycles. The first-order valence-corrected chi connectivity index (χ1v) is 27.3. The monoisotopic (exact) mass is 948 g/mol. The number of hydrogen-bond acceptors (Lipinski definition) is 13. The van der Waals surface area contributed by atoms with Crippen molar-refractivity contribution in [2.24, 2.45) is 0 Å². The smallest absolute Gasteiger partial charge is 0.220 e. The summed E-state index contributed by atoms with van der Waals surface area (Å²) in [5.41, 5.74) is 0. The lowest BCUT2D eigenvalue weighted by atomic mass is 9.97. The van der Waals surface area contributed by atoms with E-state index in [2.05, 4.69) is 19.2 Å². The van der Waals surface area contributed by atoms with Gasteiger partial charge >= 0.3 is 0 Å². The minimum Gasteiger partial charge on any atom is -0.394 e. The summed E-state index contributed by atoms with van der Waals surface area (Å²) in [5, 5.41) is 87.0. The van der Waals surface area contributed by atoms with Gasteiger partial charge in [0.2, 0.25) is 5.91 Å². The average molecular weight is 948 g/mol. The largest absolute Gasteiger partial charge is 0.394 e. The number of aliphatic hydroxyl groups excluding tert-OH is 8. The van der Waals surface area contributed by atoms with E-state index in [4.69, 9.17) is 18.9 Å². The van der Waals surface area contributed by atoms with Crippen molar-refractivity contribution in [3.8, 4) is 0 Å². The van der Waals surface area contributed by atoms with Crippen LogP contribution in [-0.2, 0) is 23.7 Å². The highest BCUT2D eigenvalue weighted by Gasteiger charge is 2.51. The predicted octanol–water partition coefficient (Wildman–Crippen LogP) is 7.78. The second-order valence-electron chi connectivity index (χ2n) is 19.7. The van der Waals surface area contributed by atoms with Gasteiger partial charge in [-0.05, 0) is 12.8 Å². The molecule has 12 atom stereocenters. The van der Waals surface area contributed by atoms with Crippen LogP contribution in [-0.4, -0.2) is 140 Å². The summed E-state index contributed by atoms with van der Waals surface area (Å²) in [4.78, 5) is 13.2. The Morgan fingerprint density at radius 2 is 0.864 bits per heavy atom. The Balaban J connectivity index is 1.79. The van der Waals surface area contributed by atoms with Crippen LogP contribution >= 0.6 is 0 Å². The van der Waals surface area contributed by atoms with E-state index in [9.17, 15) is 45.6 Å². The number of ether oxygens (including phenoxy) is 4. The molecule has 14 nitrogen and oxygen atoms in total. The van der Waals surface area contributed by atoms with Crippen LogP contribution in [0, 0.1) is 0 Å². The minimum atomic E-state index is -1.78. The van der Waals surface area contributed by atoms with Crippen LogP contribution < -0.4 is 5.32 Å². The van der Waals surface area contributed by atoms with Crippen LogP contribution in [0.1, 0.15) is 232 Å². The highest BCUT2D eigenvalue weighted by Crippen LogP contribution is 2.30. The maximum atomic E-state index is 13.2. The molecular weight excluding hydrogens is 847 g/mol. The molecule has 0 aromatic heterocycles. The van der Waals surface area contributed by atoms with E-state index in [-0.39, 0.29) is 12.5 Å². The normalized spacial score (nSPS) is 26.7. The fourth-order valence-corrected chi connectivity index (χ4v) is 9.36. The summed E-state index contributed by atoms with van der Waals surface area (Å²) in [6.07, 6.45) is 23.8. The molecule has 14 heteroatoms. The Bertz CT molecular complexity index is 1120. The fraction of sp³-hybridized carbons (Fsp3) is 0.981. The first-order valence-electron chi connectivity index (χ1n) is 27.3. The molecule has 2 rings (SSSR count). The molecule has 2 aliphatic heterocycles. The molecule has 0 bridgehead atoms. The summed E-state index contributed by atoms with van der Waals surface area (Å²) >= 11 is 0. The third-order valence-corrected chi connectivity index (χ3v) is 13.8. The molecule has 66 heavy (non-hydrogen) atoms. The van der Waals surface area contributed by atoms with Gasteiger partial charge in [0.25, 0.3) is 0 Å². The van der Waals surface area contributed by atoms with Crippen LogP contribution in [0.3, 0.4) is 0 Å². The molecule has 392 valence electrons. The van der Waals surface area contributed by atoms with Crippen molar-refractivity contribution < 1.29 is 64.6 Å². The Labute approximate surface area is 400 Å². The molecule has 2 aliphatic rings. The zero-order chi connectivity index (χ0) is 48.2. The number of amides is 1. The van der Waals surface area contributed by atoms with Gasteiger partial charge in [-0.1, -0.05) is 213 Å². The lowest BCUT2D eigenvalue weighted by molar-refractivity contribution is -0.359. The van der Waals surface area contributed by atoms with Gasteiger partial charge in [-0.15, -0.1) is 0 Å². The van der Waals surface area contributed by atoms with Crippen molar-refractivity contribution in [1.82, 2.24) is 5.32 Å². The van der Waals surface area contributed by atoms with E-state index in [0.29, 0.717) is 12.8 Å². The van der Waals surface area contributed by atoms with Crippen molar-refractivity contribution in [3.63, 3.8) is 0 Å². The lowest BCUT2D eigenvalue weighted by Gasteiger charge is -2.46. The molecule has 0 saturated carbocycles. The van der Waals surface area contributed by atoms with Crippen LogP contribution in [0.15, 0.2) is 0 Å². The van der Waals surface area contributed by atoms with E-state index in [0.717, 1.165) is 51.4 Å². The molecule has 2 heterocycles. The van der Waals surface area contributed by atoms with Crippen LogP contribution in [0.4, 0.5) is 0 Å². The van der Waals surface area contributed by atoms with Crippen molar-refractivity contribution >= 4 is 5.91 Å². The lowest BCUT2D eigenvalue weighted by Crippen LogP contribution is -2.65. The summed E-state index contributed by atoms with van der Waals surface area (Å²) < 4.78 is 22.8. The van der Waals surface area contributed by atoms with E-state index in [1.165, 1.54) is 154 Å². The van der Waals surface area contributed by atoms with Gasteiger partial charge in [0.05, 0.1) is 32.0 Å². The van der Waals surface area contributed by atoms with E-state index < -0.39 is 86.8 Å². The van der Waals surface area contributed by atoms with Gasteiger partial charge in [-0.25, -0.2) is 0 Å². The fourth-order valence-electron chi connectivity index (χ4n) is 9.36. The van der Waals surface area contributed by atoms with Gasteiger partial charge in [-0.2, -0.15) is 0 Å². The quantitative estimate of drug-likeness (QED) is 0.0267. The Morgan fingerprint density at radius 1 is 0.485 bits per heavy atom. The number of rotatable bonds is 43. The van der Waals surface area contributed by atoms with Crippen LogP contribution in [0.25, 0.3) is 0 Å². The third-order valence-electron chi connectivity index (χ3n) is 13.8. The Morgan fingerprint density at radius 3 is 1.29 bits per heavy atom. The SMILES string of the molecule is CCCCCCCCCCCCCCCCCCCCCC(O)C(COC1OC(CO)C(OC2OC(CO)C(O)C(O)C2O)C(O)C1O)NC(=O)CCCCCCCCCCCCCCC. The van der Waals surface area contributed by atoms with Crippen LogP contribution in [0.2, 0.25) is 0 Å². The summed E-state index contributed by atoms with van der Waals surface area (Å²) in [5.74, 6) is -0.203. The highest BCUT2D eigenvalue weighted by molar-refractivity contribution is 5.76. The van der Waals surface area contributed by atoms with Crippen molar-refractivity contribution in [2.45, 2.75) is 306 Å². The molecule has 2 saturated heterocycles. The molecule has 0 radical (unpaired) electrons. The maximum absolute atomic E-state index is 13.2. The van der Waals surface area contributed by atoms with Gasteiger partial charge in [0.1, 0.15) is 48.8 Å². The standard InChI is InChI=1S/C52H101NO13/c1-3-5-7-9-11-13-15-17-18-19-20-21-22-24-25-27-29-31-33-35-41(56)40(53-44(57)36-34-32-30-28-26-23-16-14-12-10-8-6-4-2)39-63-51-49(62)47(60)50(43(38-55)65-51)66-52-48(61)46(59)45(58)42(37-54)64-52/h40-43,45-52,54-56,58-62H,3-39H2,1-2H3,(H,53,57). The van der Waals surface area contributed by atoms with Gasteiger partial charge in [0, 0.05) is 6.42 Å². The Kier molecular flexibility index (Phi) is 36.7. The molecular formula is C52H101NO13.